The molecule has 142 valence electrons. The number of benzene rings is 2. The number of carbonyl (C=O) groups is 2. The summed E-state index contributed by atoms with van der Waals surface area (Å²) in [6.45, 7) is 2.63. The SMILES string of the molecule is Cc1ccc(CN2CC(C(=O)Nc3cccc(C(F)(F)F)c3)CC2=O)cc1. The number of rotatable bonds is 4. The van der Waals surface area contributed by atoms with Gasteiger partial charge in [0.05, 0.1) is 11.5 Å². The van der Waals surface area contributed by atoms with Crippen LogP contribution in [0.5, 0.6) is 0 Å². The molecule has 1 unspecified atom stereocenters. The maximum Gasteiger partial charge on any atom is 0.416 e. The molecule has 7 heteroatoms. The summed E-state index contributed by atoms with van der Waals surface area (Å²) in [6.07, 6.45) is -4.43. The van der Waals surface area contributed by atoms with Crippen LogP contribution in [0.4, 0.5) is 18.9 Å². The number of aryl methyl sites for hydroxylation is 1. The van der Waals surface area contributed by atoms with Gasteiger partial charge in [0.1, 0.15) is 0 Å². The van der Waals surface area contributed by atoms with Crippen LogP contribution in [0, 0.1) is 12.8 Å². The molecule has 0 saturated carbocycles. The van der Waals surface area contributed by atoms with Gasteiger partial charge in [-0.05, 0) is 30.7 Å². The van der Waals surface area contributed by atoms with Gasteiger partial charge in [0.25, 0.3) is 0 Å². The first-order valence-electron chi connectivity index (χ1n) is 8.54. The van der Waals surface area contributed by atoms with E-state index in [0.29, 0.717) is 6.54 Å². The highest BCUT2D eigenvalue weighted by Crippen LogP contribution is 2.31. The molecule has 2 aromatic rings. The van der Waals surface area contributed by atoms with Crippen molar-refractivity contribution in [3.8, 4) is 0 Å². The minimum Gasteiger partial charge on any atom is -0.338 e. The third kappa shape index (κ3) is 4.67. The Morgan fingerprint density at radius 2 is 1.89 bits per heavy atom. The van der Waals surface area contributed by atoms with E-state index in [1.54, 1.807) is 4.90 Å². The van der Waals surface area contributed by atoms with Gasteiger partial charge in [-0.25, -0.2) is 0 Å². The van der Waals surface area contributed by atoms with Crippen LogP contribution in [0.15, 0.2) is 48.5 Å². The zero-order chi connectivity index (χ0) is 19.6. The smallest absolute Gasteiger partial charge is 0.338 e. The first kappa shape index (κ1) is 18.9. The minimum absolute atomic E-state index is 0.0522. The average molecular weight is 376 g/mol. The van der Waals surface area contributed by atoms with Crippen molar-refractivity contribution in [3.63, 3.8) is 0 Å². The summed E-state index contributed by atoms with van der Waals surface area (Å²) in [7, 11) is 0. The molecule has 2 aromatic carbocycles. The second-order valence-corrected chi connectivity index (χ2v) is 6.73. The second kappa shape index (κ2) is 7.42. The third-order valence-electron chi connectivity index (χ3n) is 4.54. The van der Waals surface area contributed by atoms with Crippen LogP contribution in [0.1, 0.15) is 23.1 Å². The van der Waals surface area contributed by atoms with Gasteiger partial charge in [-0.2, -0.15) is 13.2 Å². The van der Waals surface area contributed by atoms with Gasteiger partial charge >= 0.3 is 6.18 Å². The first-order valence-corrected chi connectivity index (χ1v) is 8.54. The van der Waals surface area contributed by atoms with Crippen LogP contribution in [-0.4, -0.2) is 23.3 Å². The lowest BCUT2D eigenvalue weighted by atomic mass is 10.1. The van der Waals surface area contributed by atoms with E-state index in [-0.39, 0.29) is 24.6 Å². The zero-order valence-corrected chi connectivity index (χ0v) is 14.7. The molecule has 1 atom stereocenters. The van der Waals surface area contributed by atoms with Gasteiger partial charge in [-0.3, -0.25) is 9.59 Å². The molecular weight excluding hydrogens is 357 g/mol. The minimum atomic E-state index is -4.48. The highest BCUT2D eigenvalue weighted by molar-refractivity contribution is 5.97. The van der Waals surface area contributed by atoms with Crippen LogP contribution in [0.25, 0.3) is 0 Å². The number of anilines is 1. The van der Waals surface area contributed by atoms with E-state index < -0.39 is 23.6 Å². The standard InChI is InChI=1S/C20H19F3N2O2/c1-13-5-7-14(8-6-13)11-25-12-15(9-18(25)26)19(27)24-17-4-2-3-16(10-17)20(21,22)23/h2-8,10,15H,9,11-12H2,1H3,(H,24,27). The van der Waals surface area contributed by atoms with Crippen molar-refractivity contribution in [2.75, 3.05) is 11.9 Å². The van der Waals surface area contributed by atoms with E-state index in [9.17, 15) is 22.8 Å². The normalized spacial score (nSPS) is 17.3. The summed E-state index contributed by atoms with van der Waals surface area (Å²) >= 11 is 0. The molecule has 0 radical (unpaired) electrons. The lowest BCUT2D eigenvalue weighted by Gasteiger charge is -2.17. The fourth-order valence-electron chi connectivity index (χ4n) is 3.03. The van der Waals surface area contributed by atoms with Gasteiger partial charge in [0.2, 0.25) is 11.8 Å². The molecular formula is C20H19F3N2O2. The van der Waals surface area contributed by atoms with Gasteiger partial charge < -0.3 is 10.2 Å². The molecule has 27 heavy (non-hydrogen) atoms. The Balaban J connectivity index is 1.63. The molecule has 0 bridgehead atoms. The topological polar surface area (TPSA) is 49.4 Å². The Labute approximate surface area is 155 Å². The van der Waals surface area contributed by atoms with Crippen LogP contribution in [-0.2, 0) is 22.3 Å². The molecule has 1 N–H and O–H groups in total. The van der Waals surface area contributed by atoms with Crippen molar-refractivity contribution in [2.45, 2.75) is 26.1 Å². The molecule has 1 heterocycles. The number of nitrogens with one attached hydrogen (secondary N) is 1. The van der Waals surface area contributed by atoms with Crippen molar-refractivity contribution in [1.29, 1.82) is 0 Å². The number of hydrogen-bond acceptors (Lipinski definition) is 2. The second-order valence-electron chi connectivity index (χ2n) is 6.73. The summed E-state index contributed by atoms with van der Waals surface area (Å²) < 4.78 is 38.3. The van der Waals surface area contributed by atoms with E-state index in [0.717, 1.165) is 23.3 Å². The van der Waals surface area contributed by atoms with Gasteiger partial charge in [0, 0.05) is 25.2 Å². The molecule has 2 amide bonds. The number of halogens is 3. The summed E-state index contributed by atoms with van der Waals surface area (Å²) in [6, 6.07) is 12.2. The third-order valence-corrected chi connectivity index (χ3v) is 4.54. The Morgan fingerprint density at radius 1 is 1.19 bits per heavy atom. The lowest BCUT2D eigenvalue weighted by Crippen LogP contribution is -2.28. The number of amides is 2. The Bertz CT molecular complexity index is 847. The van der Waals surface area contributed by atoms with Gasteiger partial charge in [-0.1, -0.05) is 35.9 Å². The van der Waals surface area contributed by atoms with Gasteiger partial charge in [-0.15, -0.1) is 0 Å². The average Bonchev–Trinajstić information content (AvgIpc) is 2.97. The maximum atomic E-state index is 12.8. The Hall–Kier alpha value is -2.83. The fourth-order valence-corrected chi connectivity index (χ4v) is 3.03. The van der Waals surface area contributed by atoms with E-state index in [4.69, 9.17) is 0 Å². The Morgan fingerprint density at radius 3 is 2.56 bits per heavy atom. The molecule has 1 aliphatic heterocycles. The van der Waals surface area contributed by atoms with Crippen LogP contribution >= 0.6 is 0 Å². The molecule has 1 saturated heterocycles. The van der Waals surface area contributed by atoms with Crippen molar-refractivity contribution in [1.82, 2.24) is 4.90 Å². The summed E-state index contributed by atoms with van der Waals surface area (Å²) in [5.41, 5.74) is 1.32. The largest absolute Gasteiger partial charge is 0.416 e. The van der Waals surface area contributed by atoms with E-state index in [1.165, 1.54) is 12.1 Å². The van der Waals surface area contributed by atoms with E-state index in [2.05, 4.69) is 5.32 Å². The number of alkyl halides is 3. The van der Waals surface area contributed by atoms with E-state index in [1.807, 2.05) is 31.2 Å². The molecule has 0 aromatic heterocycles. The number of hydrogen-bond donors (Lipinski definition) is 1. The first-order chi connectivity index (χ1) is 12.7. The highest BCUT2D eigenvalue weighted by atomic mass is 19.4. The van der Waals surface area contributed by atoms with E-state index >= 15 is 0 Å². The molecule has 0 spiro atoms. The monoisotopic (exact) mass is 376 g/mol. The molecule has 0 aliphatic carbocycles. The van der Waals surface area contributed by atoms with Crippen molar-refractivity contribution < 1.29 is 22.8 Å². The lowest BCUT2D eigenvalue weighted by molar-refractivity contribution is -0.137. The fraction of sp³-hybridized carbons (Fsp3) is 0.300. The molecule has 1 fully saturated rings. The van der Waals surface area contributed by atoms with Crippen LogP contribution < -0.4 is 5.32 Å². The van der Waals surface area contributed by atoms with Crippen molar-refractivity contribution in [2.24, 2.45) is 5.92 Å². The summed E-state index contributed by atoms with van der Waals surface area (Å²) in [5, 5.41) is 2.49. The quantitative estimate of drug-likeness (QED) is 0.877. The Kier molecular flexibility index (Phi) is 5.21. The molecule has 3 rings (SSSR count). The van der Waals surface area contributed by atoms with Gasteiger partial charge in [0.15, 0.2) is 0 Å². The summed E-state index contributed by atoms with van der Waals surface area (Å²) in [4.78, 5) is 26.2. The summed E-state index contributed by atoms with van der Waals surface area (Å²) in [5.74, 6) is -1.17. The van der Waals surface area contributed by atoms with Crippen LogP contribution in [0.3, 0.4) is 0 Å². The number of nitrogens with zero attached hydrogens (tertiary/aromatic N) is 1. The number of carbonyl (C=O) groups excluding carboxylic acids is 2. The van der Waals surface area contributed by atoms with Crippen LogP contribution in [0.2, 0.25) is 0 Å². The predicted octanol–water partition coefficient (Wildman–Crippen LogP) is 4.00. The highest BCUT2D eigenvalue weighted by Gasteiger charge is 2.35. The van der Waals surface area contributed by atoms with Crippen molar-refractivity contribution in [3.05, 3.63) is 65.2 Å². The molecule has 1 aliphatic rings. The number of likely N-dealkylation sites (tertiary alicyclic amines) is 1. The maximum absolute atomic E-state index is 12.8. The zero-order valence-electron chi connectivity index (χ0n) is 14.7. The predicted molar refractivity (Wildman–Crippen MR) is 94.8 cm³/mol. The molecule has 4 nitrogen and oxygen atoms in total. The van der Waals surface area contributed by atoms with Crippen molar-refractivity contribution >= 4 is 17.5 Å².